The van der Waals surface area contributed by atoms with Crippen LogP contribution in [0.2, 0.25) is 0 Å². The van der Waals surface area contributed by atoms with Crippen LogP contribution in [0, 0.1) is 5.92 Å². The number of benzene rings is 2. The van der Waals surface area contributed by atoms with Gasteiger partial charge in [0.05, 0.1) is 5.92 Å². The van der Waals surface area contributed by atoms with E-state index in [1.807, 2.05) is 41.3 Å². The van der Waals surface area contributed by atoms with E-state index in [1.165, 1.54) is 11.1 Å². The molecule has 2 amide bonds. The number of likely N-dealkylation sites (tertiary alicyclic amines) is 1. The van der Waals surface area contributed by atoms with Crippen LogP contribution in [0.3, 0.4) is 0 Å². The maximum absolute atomic E-state index is 12.4. The summed E-state index contributed by atoms with van der Waals surface area (Å²) in [5.41, 5.74) is 2.57. The van der Waals surface area contributed by atoms with E-state index in [9.17, 15) is 9.59 Å². The molecule has 0 saturated carbocycles. The second-order valence-corrected chi connectivity index (χ2v) is 7.21. The minimum absolute atomic E-state index is 0.0157. The molecule has 1 aliphatic rings. The minimum atomic E-state index is -0.203. The van der Waals surface area contributed by atoms with Gasteiger partial charge in [0.2, 0.25) is 11.8 Å². The number of carbonyl (C=O) groups excluding carboxylic acids is 2. The van der Waals surface area contributed by atoms with Crippen LogP contribution in [-0.2, 0) is 22.4 Å². The van der Waals surface area contributed by atoms with Crippen LogP contribution in [0.4, 0.5) is 0 Å². The molecule has 0 bridgehead atoms. The summed E-state index contributed by atoms with van der Waals surface area (Å²) in [7, 11) is 0. The first kappa shape index (κ1) is 19.2. The Bertz CT molecular complexity index is 731. The van der Waals surface area contributed by atoms with Gasteiger partial charge in [-0.1, -0.05) is 60.7 Å². The summed E-state index contributed by atoms with van der Waals surface area (Å²) in [4.78, 5) is 26.4. The Hall–Kier alpha value is -2.62. The van der Waals surface area contributed by atoms with Crippen LogP contribution in [0.1, 0.15) is 30.4 Å². The first-order valence-corrected chi connectivity index (χ1v) is 9.86. The van der Waals surface area contributed by atoms with Gasteiger partial charge in [0.1, 0.15) is 0 Å². The third-order valence-corrected chi connectivity index (χ3v) is 5.11. The summed E-state index contributed by atoms with van der Waals surface area (Å²) >= 11 is 0. The Labute approximate surface area is 161 Å². The lowest BCUT2D eigenvalue weighted by Gasteiger charge is -2.16. The quantitative estimate of drug-likeness (QED) is 0.695. The van der Waals surface area contributed by atoms with Crippen LogP contribution in [0.5, 0.6) is 0 Å². The molecule has 1 atom stereocenters. The summed E-state index contributed by atoms with van der Waals surface area (Å²) < 4.78 is 0. The van der Waals surface area contributed by atoms with E-state index in [4.69, 9.17) is 0 Å². The van der Waals surface area contributed by atoms with E-state index in [1.54, 1.807) is 0 Å². The molecule has 2 aromatic rings. The zero-order valence-electron chi connectivity index (χ0n) is 15.8. The molecule has 0 aliphatic carbocycles. The van der Waals surface area contributed by atoms with Gasteiger partial charge in [-0.25, -0.2) is 0 Å². The number of nitrogens with one attached hydrogen (secondary N) is 1. The van der Waals surface area contributed by atoms with Crippen molar-refractivity contribution >= 4 is 11.8 Å². The maximum atomic E-state index is 12.4. The van der Waals surface area contributed by atoms with Crippen molar-refractivity contribution in [1.29, 1.82) is 0 Å². The normalized spacial score (nSPS) is 16.5. The largest absolute Gasteiger partial charge is 0.356 e. The lowest BCUT2D eigenvalue weighted by molar-refractivity contribution is -0.129. The Kier molecular flexibility index (Phi) is 7.03. The highest BCUT2D eigenvalue weighted by atomic mass is 16.2. The van der Waals surface area contributed by atoms with Crippen LogP contribution < -0.4 is 5.32 Å². The predicted octanol–water partition coefficient (Wildman–Crippen LogP) is 3.22. The third kappa shape index (κ3) is 5.95. The molecular formula is C23H28N2O2. The molecule has 142 valence electrons. The molecule has 2 aromatic carbocycles. The molecule has 1 saturated heterocycles. The van der Waals surface area contributed by atoms with Crippen molar-refractivity contribution < 1.29 is 9.59 Å². The zero-order valence-corrected chi connectivity index (χ0v) is 15.8. The second kappa shape index (κ2) is 9.91. The minimum Gasteiger partial charge on any atom is -0.356 e. The predicted molar refractivity (Wildman–Crippen MR) is 107 cm³/mol. The fraction of sp³-hybridized carbons (Fsp3) is 0.391. The Balaban J connectivity index is 1.34. The van der Waals surface area contributed by atoms with Crippen molar-refractivity contribution in [3.8, 4) is 0 Å². The van der Waals surface area contributed by atoms with Crippen molar-refractivity contribution in [3.63, 3.8) is 0 Å². The Morgan fingerprint density at radius 3 is 2.15 bits per heavy atom. The average Bonchev–Trinajstić information content (AvgIpc) is 3.07. The molecular weight excluding hydrogens is 336 g/mol. The molecule has 0 spiro atoms. The van der Waals surface area contributed by atoms with E-state index in [0.717, 1.165) is 32.2 Å². The standard InChI is InChI=1S/C23H28N2O2/c26-22-17-21(18-25(22)16-8-14-20-11-5-2-6-12-20)23(27)24-15-7-13-19-9-3-1-4-10-19/h1-6,9-12,21H,7-8,13-18H2,(H,24,27). The topological polar surface area (TPSA) is 49.4 Å². The van der Waals surface area contributed by atoms with Crippen LogP contribution >= 0.6 is 0 Å². The number of hydrogen-bond acceptors (Lipinski definition) is 2. The molecule has 1 unspecified atom stereocenters. The smallest absolute Gasteiger partial charge is 0.225 e. The number of aryl methyl sites for hydroxylation is 2. The van der Waals surface area contributed by atoms with Gasteiger partial charge in [-0.05, 0) is 36.8 Å². The summed E-state index contributed by atoms with van der Waals surface area (Å²) in [5.74, 6) is -0.0829. The molecule has 3 rings (SSSR count). The Morgan fingerprint density at radius 1 is 0.926 bits per heavy atom. The van der Waals surface area contributed by atoms with E-state index < -0.39 is 0 Å². The highest BCUT2D eigenvalue weighted by Crippen LogP contribution is 2.18. The van der Waals surface area contributed by atoms with Gasteiger partial charge in [-0.3, -0.25) is 9.59 Å². The lowest BCUT2D eigenvalue weighted by Crippen LogP contribution is -2.34. The van der Waals surface area contributed by atoms with Gasteiger partial charge in [0.15, 0.2) is 0 Å². The Morgan fingerprint density at radius 2 is 1.52 bits per heavy atom. The van der Waals surface area contributed by atoms with Gasteiger partial charge < -0.3 is 10.2 Å². The number of nitrogens with zero attached hydrogens (tertiary/aromatic N) is 1. The van der Waals surface area contributed by atoms with Crippen LogP contribution in [0.15, 0.2) is 60.7 Å². The maximum Gasteiger partial charge on any atom is 0.225 e. The fourth-order valence-electron chi connectivity index (χ4n) is 3.58. The fourth-order valence-corrected chi connectivity index (χ4v) is 3.58. The van der Waals surface area contributed by atoms with E-state index >= 15 is 0 Å². The molecule has 0 aromatic heterocycles. The summed E-state index contributed by atoms with van der Waals surface area (Å²) in [6.07, 6.45) is 4.10. The first-order valence-electron chi connectivity index (χ1n) is 9.86. The molecule has 1 fully saturated rings. The average molecular weight is 364 g/mol. The van der Waals surface area contributed by atoms with Crippen LogP contribution in [0.25, 0.3) is 0 Å². The third-order valence-electron chi connectivity index (χ3n) is 5.11. The molecule has 27 heavy (non-hydrogen) atoms. The molecule has 1 aliphatic heterocycles. The number of hydrogen-bond donors (Lipinski definition) is 1. The first-order chi connectivity index (χ1) is 13.2. The van der Waals surface area contributed by atoms with Gasteiger partial charge in [-0.15, -0.1) is 0 Å². The van der Waals surface area contributed by atoms with E-state index in [-0.39, 0.29) is 17.7 Å². The van der Waals surface area contributed by atoms with E-state index in [2.05, 4.69) is 29.6 Å². The summed E-state index contributed by atoms with van der Waals surface area (Å²) in [5, 5.41) is 3.00. The van der Waals surface area contributed by atoms with Gasteiger partial charge >= 0.3 is 0 Å². The SMILES string of the molecule is O=C(NCCCc1ccccc1)C1CC(=O)N(CCCc2ccccc2)C1. The van der Waals surface area contributed by atoms with Crippen molar-refractivity contribution in [3.05, 3.63) is 71.8 Å². The van der Waals surface area contributed by atoms with Crippen molar-refractivity contribution in [2.24, 2.45) is 5.92 Å². The molecule has 4 nitrogen and oxygen atoms in total. The van der Waals surface area contributed by atoms with E-state index in [0.29, 0.717) is 19.5 Å². The molecule has 1 heterocycles. The molecule has 1 N–H and O–H groups in total. The lowest BCUT2D eigenvalue weighted by atomic mass is 10.1. The monoisotopic (exact) mass is 364 g/mol. The second-order valence-electron chi connectivity index (χ2n) is 7.21. The van der Waals surface area contributed by atoms with Crippen LogP contribution in [-0.4, -0.2) is 36.3 Å². The highest BCUT2D eigenvalue weighted by molar-refractivity contribution is 5.89. The highest BCUT2D eigenvalue weighted by Gasteiger charge is 2.33. The van der Waals surface area contributed by atoms with Gasteiger partial charge in [0, 0.05) is 26.1 Å². The van der Waals surface area contributed by atoms with Crippen molar-refractivity contribution in [2.75, 3.05) is 19.6 Å². The number of carbonyl (C=O) groups is 2. The summed E-state index contributed by atoms with van der Waals surface area (Å²) in [6.45, 7) is 1.94. The number of amides is 2. The summed E-state index contributed by atoms with van der Waals surface area (Å²) in [6, 6.07) is 20.6. The van der Waals surface area contributed by atoms with Gasteiger partial charge in [-0.2, -0.15) is 0 Å². The molecule has 0 radical (unpaired) electrons. The number of rotatable bonds is 9. The van der Waals surface area contributed by atoms with Crippen molar-refractivity contribution in [2.45, 2.75) is 32.1 Å². The molecule has 4 heteroatoms. The van der Waals surface area contributed by atoms with Gasteiger partial charge in [0.25, 0.3) is 0 Å². The van der Waals surface area contributed by atoms with Crippen molar-refractivity contribution in [1.82, 2.24) is 10.2 Å². The zero-order chi connectivity index (χ0) is 18.9.